The van der Waals surface area contributed by atoms with Crippen molar-refractivity contribution >= 4 is 0 Å². The van der Waals surface area contributed by atoms with Crippen molar-refractivity contribution in [1.82, 2.24) is 10.2 Å². The molecule has 0 saturated carbocycles. The predicted octanol–water partition coefficient (Wildman–Crippen LogP) is 0.00200. The Morgan fingerprint density at radius 2 is 2.20 bits per heavy atom. The SMILES string of the molecule is FC1CN(C2CCNC2)C1. The van der Waals surface area contributed by atoms with Gasteiger partial charge in [-0.1, -0.05) is 0 Å². The van der Waals surface area contributed by atoms with Crippen molar-refractivity contribution < 1.29 is 4.39 Å². The molecule has 2 rings (SSSR count). The van der Waals surface area contributed by atoms with Gasteiger partial charge in [-0.2, -0.15) is 0 Å². The number of nitrogens with one attached hydrogen (secondary N) is 1. The molecule has 3 heteroatoms. The van der Waals surface area contributed by atoms with Gasteiger partial charge >= 0.3 is 0 Å². The summed E-state index contributed by atoms with van der Waals surface area (Å²) in [6, 6.07) is 0.631. The molecule has 0 aliphatic carbocycles. The van der Waals surface area contributed by atoms with Gasteiger partial charge in [-0.15, -0.1) is 0 Å². The van der Waals surface area contributed by atoms with Crippen molar-refractivity contribution in [1.29, 1.82) is 0 Å². The van der Waals surface area contributed by atoms with Gasteiger partial charge in [0.25, 0.3) is 0 Å². The van der Waals surface area contributed by atoms with Crippen LogP contribution in [0.3, 0.4) is 0 Å². The molecule has 2 nitrogen and oxygen atoms in total. The van der Waals surface area contributed by atoms with Gasteiger partial charge in [0.2, 0.25) is 0 Å². The van der Waals surface area contributed by atoms with Gasteiger partial charge < -0.3 is 5.32 Å². The second-order valence-electron chi connectivity index (χ2n) is 3.20. The largest absolute Gasteiger partial charge is 0.315 e. The molecule has 0 aromatic heterocycles. The van der Waals surface area contributed by atoms with Crippen molar-refractivity contribution in [2.75, 3.05) is 26.2 Å². The van der Waals surface area contributed by atoms with Gasteiger partial charge in [0, 0.05) is 25.7 Å². The first kappa shape index (κ1) is 6.55. The summed E-state index contributed by atoms with van der Waals surface area (Å²) in [6.07, 6.45) is 0.660. The zero-order valence-corrected chi connectivity index (χ0v) is 6.02. The minimum absolute atomic E-state index is 0.541. The van der Waals surface area contributed by atoms with E-state index >= 15 is 0 Å². The maximum absolute atomic E-state index is 12.4. The van der Waals surface area contributed by atoms with Crippen LogP contribution in [0.4, 0.5) is 4.39 Å². The van der Waals surface area contributed by atoms with E-state index in [2.05, 4.69) is 10.2 Å². The maximum Gasteiger partial charge on any atom is 0.125 e. The molecular weight excluding hydrogens is 131 g/mol. The van der Waals surface area contributed by atoms with Gasteiger partial charge in [-0.05, 0) is 13.0 Å². The summed E-state index contributed by atoms with van der Waals surface area (Å²) < 4.78 is 12.4. The summed E-state index contributed by atoms with van der Waals surface area (Å²) in [6.45, 7) is 3.52. The summed E-state index contributed by atoms with van der Waals surface area (Å²) in [4.78, 5) is 2.23. The lowest BCUT2D eigenvalue weighted by molar-refractivity contribution is 0.0342. The Kier molecular flexibility index (Phi) is 1.62. The lowest BCUT2D eigenvalue weighted by Crippen LogP contribution is -2.54. The summed E-state index contributed by atoms with van der Waals surface area (Å²) in [5.74, 6) is 0. The second kappa shape index (κ2) is 2.47. The van der Waals surface area contributed by atoms with E-state index in [1.54, 1.807) is 0 Å². The molecule has 58 valence electrons. The first-order chi connectivity index (χ1) is 4.86. The molecule has 0 aromatic rings. The molecule has 1 unspecified atom stereocenters. The zero-order valence-electron chi connectivity index (χ0n) is 6.02. The van der Waals surface area contributed by atoms with E-state index in [4.69, 9.17) is 0 Å². The van der Waals surface area contributed by atoms with E-state index in [0.717, 1.165) is 13.1 Å². The van der Waals surface area contributed by atoms with Crippen molar-refractivity contribution in [3.05, 3.63) is 0 Å². The zero-order chi connectivity index (χ0) is 6.97. The van der Waals surface area contributed by atoms with Gasteiger partial charge in [-0.3, -0.25) is 4.90 Å². The predicted molar refractivity (Wildman–Crippen MR) is 37.7 cm³/mol. The van der Waals surface area contributed by atoms with Gasteiger partial charge in [-0.25, -0.2) is 4.39 Å². The highest BCUT2D eigenvalue weighted by molar-refractivity contribution is 4.89. The summed E-state index contributed by atoms with van der Waals surface area (Å²) in [5, 5.41) is 3.27. The number of hydrogen-bond donors (Lipinski definition) is 1. The number of halogens is 1. The molecule has 2 fully saturated rings. The standard InChI is InChI=1S/C7H13FN2/c8-6-4-10(5-6)7-1-2-9-3-7/h6-7,9H,1-5H2. The topological polar surface area (TPSA) is 15.3 Å². The summed E-state index contributed by atoms with van der Waals surface area (Å²) >= 11 is 0. The molecule has 0 amide bonds. The Hall–Kier alpha value is -0.150. The number of alkyl halides is 1. The lowest BCUT2D eigenvalue weighted by Gasteiger charge is -2.38. The molecule has 0 spiro atoms. The summed E-state index contributed by atoms with van der Waals surface area (Å²) in [5.41, 5.74) is 0. The average Bonchev–Trinajstić information content (AvgIpc) is 2.31. The van der Waals surface area contributed by atoms with Crippen LogP contribution in [0.2, 0.25) is 0 Å². The van der Waals surface area contributed by atoms with E-state index in [1.165, 1.54) is 6.42 Å². The van der Waals surface area contributed by atoms with Crippen LogP contribution in [0.1, 0.15) is 6.42 Å². The van der Waals surface area contributed by atoms with E-state index < -0.39 is 6.17 Å². The van der Waals surface area contributed by atoms with Gasteiger partial charge in [0.1, 0.15) is 6.17 Å². The third kappa shape index (κ3) is 1.04. The normalized spacial score (nSPS) is 36.3. The van der Waals surface area contributed by atoms with Crippen LogP contribution in [0.5, 0.6) is 0 Å². The molecule has 2 heterocycles. The molecule has 2 aliphatic rings. The number of rotatable bonds is 1. The minimum Gasteiger partial charge on any atom is -0.315 e. The average molecular weight is 144 g/mol. The summed E-state index contributed by atoms with van der Waals surface area (Å²) in [7, 11) is 0. The highest BCUT2D eigenvalue weighted by Crippen LogP contribution is 2.18. The highest BCUT2D eigenvalue weighted by atomic mass is 19.1. The quantitative estimate of drug-likeness (QED) is 0.557. The Balaban J connectivity index is 1.78. The van der Waals surface area contributed by atoms with Crippen LogP contribution < -0.4 is 5.32 Å². The fourth-order valence-electron chi connectivity index (χ4n) is 1.70. The van der Waals surface area contributed by atoms with E-state index in [0.29, 0.717) is 19.1 Å². The smallest absolute Gasteiger partial charge is 0.125 e. The molecular formula is C7H13FN2. The van der Waals surface area contributed by atoms with Crippen LogP contribution in [0.25, 0.3) is 0 Å². The van der Waals surface area contributed by atoms with Crippen LogP contribution in [-0.4, -0.2) is 43.3 Å². The fourth-order valence-corrected chi connectivity index (χ4v) is 1.70. The Morgan fingerprint density at radius 1 is 1.40 bits per heavy atom. The molecule has 0 bridgehead atoms. The minimum atomic E-state index is -0.541. The molecule has 1 N–H and O–H groups in total. The Bertz CT molecular complexity index is 117. The molecule has 1 atom stereocenters. The van der Waals surface area contributed by atoms with E-state index in [1.807, 2.05) is 0 Å². The third-order valence-electron chi connectivity index (χ3n) is 2.42. The number of nitrogens with zero attached hydrogens (tertiary/aromatic N) is 1. The van der Waals surface area contributed by atoms with Crippen molar-refractivity contribution in [3.63, 3.8) is 0 Å². The van der Waals surface area contributed by atoms with Gasteiger partial charge in [0.15, 0.2) is 0 Å². The number of hydrogen-bond acceptors (Lipinski definition) is 2. The molecule has 0 radical (unpaired) electrons. The Labute approximate surface area is 60.4 Å². The maximum atomic E-state index is 12.4. The van der Waals surface area contributed by atoms with Crippen LogP contribution in [-0.2, 0) is 0 Å². The van der Waals surface area contributed by atoms with Crippen LogP contribution >= 0.6 is 0 Å². The molecule has 10 heavy (non-hydrogen) atoms. The first-order valence-electron chi connectivity index (χ1n) is 3.95. The molecule has 2 aliphatic heterocycles. The van der Waals surface area contributed by atoms with Crippen LogP contribution in [0.15, 0.2) is 0 Å². The van der Waals surface area contributed by atoms with Crippen LogP contribution in [0, 0.1) is 0 Å². The first-order valence-corrected chi connectivity index (χ1v) is 3.95. The molecule has 2 saturated heterocycles. The third-order valence-corrected chi connectivity index (χ3v) is 2.42. The Morgan fingerprint density at radius 3 is 2.70 bits per heavy atom. The van der Waals surface area contributed by atoms with Gasteiger partial charge in [0.05, 0.1) is 0 Å². The fraction of sp³-hybridized carbons (Fsp3) is 1.00. The second-order valence-corrected chi connectivity index (χ2v) is 3.20. The van der Waals surface area contributed by atoms with Crippen molar-refractivity contribution in [2.24, 2.45) is 0 Å². The lowest BCUT2D eigenvalue weighted by atomic mass is 10.1. The number of likely N-dealkylation sites (tertiary alicyclic amines) is 1. The van der Waals surface area contributed by atoms with E-state index in [9.17, 15) is 4.39 Å². The molecule has 0 aromatic carbocycles. The monoisotopic (exact) mass is 144 g/mol. The van der Waals surface area contributed by atoms with E-state index in [-0.39, 0.29) is 0 Å². The van der Waals surface area contributed by atoms with Crippen molar-refractivity contribution in [2.45, 2.75) is 18.6 Å². The van der Waals surface area contributed by atoms with Crippen molar-refractivity contribution in [3.8, 4) is 0 Å². The highest BCUT2D eigenvalue weighted by Gasteiger charge is 2.33.